The summed E-state index contributed by atoms with van der Waals surface area (Å²) in [7, 11) is 0. The largest absolute Gasteiger partial charge is 0.478 e. The molecular weight excluding hydrogens is 404 g/mol. The number of anilines is 1. The van der Waals surface area contributed by atoms with Gasteiger partial charge in [-0.15, -0.1) is 0 Å². The van der Waals surface area contributed by atoms with E-state index in [4.69, 9.17) is 5.11 Å². The third-order valence-corrected chi connectivity index (χ3v) is 4.62. The highest BCUT2D eigenvalue weighted by molar-refractivity contribution is 6.04. The maximum atomic E-state index is 12.3. The Morgan fingerprint density at radius 3 is 2.23 bits per heavy atom. The molecule has 0 aliphatic carbocycles. The quantitative estimate of drug-likeness (QED) is 0.254. The number of aromatic carboxylic acids is 1. The molecule has 4 aromatic rings. The molecule has 4 rings (SSSR count). The topological polar surface area (TPSA) is 148 Å². The van der Waals surface area contributed by atoms with Crippen LogP contribution in [0.1, 0.15) is 20.7 Å². The molecule has 0 fully saturated rings. The second-order valence-electron chi connectivity index (χ2n) is 6.59. The van der Waals surface area contributed by atoms with Gasteiger partial charge in [0, 0.05) is 28.9 Å². The van der Waals surface area contributed by atoms with E-state index in [1.54, 1.807) is 24.3 Å². The van der Waals surface area contributed by atoms with Gasteiger partial charge < -0.3 is 15.6 Å². The fraction of sp³-hybridized carbons (Fsp3) is 0. The Labute approximate surface area is 174 Å². The smallest absolute Gasteiger partial charge is 0.335 e. The van der Waals surface area contributed by atoms with Crippen molar-refractivity contribution >= 4 is 34.3 Å². The molecule has 154 valence electrons. The molecule has 1 aromatic heterocycles. The number of amides is 1. The van der Waals surface area contributed by atoms with Gasteiger partial charge in [0.15, 0.2) is 5.82 Å². The zero-order valence-electron chi connectivity index (χ0n) is 15.7. The lowest BCUT2D eigenvalue weighted by Gasteiger charge is -2.07. The molecule has 31 heavy (non-hydrogen) atoms. The Kier molecular flexibility index (Phi) is 4.80. The fourth-order valence-electron chi connectivity index (χ4n) is 3.02. The van der Waals surface area contributed by atoms with Gasteiger partial charge in [-0.1, -0.05) is 0 Å². The lowest BCUT2D eigenvalue weighted by molar-refractivity contribution is -0.384. The number of nitrogens with one attached hydrogen (secondary N) is 1. The van der Waals surface area contributed by atoms with Crippen molar-refractivity contribution in [3.05, 3.63) is 88.0 Å². The van der Waals surface area contributed by atoms with E-state index in [1.165, 1.54) is 42.5 Å². The summed E-state index contributed by atoms with van der Waals surface area (Å²) in [5.41, 5.74) is 1.82. The molecule has 3 aromatic carbocycles. The Bertz CT molecular complexity index is 1330. The molecule has 1 heterocycles. The fourth-order valence-corrected chi connectivity index (χ4v) is 3.02. The number of aromatic nitrogens is 2. The number of fused-ring (bicyclic) bond motifs is 1. The van der Waals surface area contributed by atoms with Gasteiger partial charge >= 0.3 is 5.97 Å². The second kappa shape index (κ2) is 7.59. The average molecular weight is 418 g/mol. The Morgan fingerprint density at radius 1 is 0.968 bits per heavy atom. The zero-order chi connectivity index (χ0) is 22.1. The van der Waals surface area contributed by atoms with E-state index in [2.05, 4.69) is 10.3 Å². The number of rotatable bonds is 5. The summed E-state index contributed by atoms with van der Waals surface area (Å²) in [4.78, 5) is 37.9. The Hall–Kier alpha value is -4.73. The van der Waals surface area contributed by atoms with E-state index >= 15 is 0 Å². The van der Waals surface area contributed by atoms with Crippen LogP contribution in [0.5, 0.6) is 0 Å². The van der Waals surface area contributed by atoms with Gasteiger partial charge in [-0.05, 0) is 54.6 Å². The van der Waals surface area contributed by atoms with Crippen LogP contribution in [0, 0.1) is 10.1 Å². The molecule has 0 radical (unpaired) electrons. The summed E-state index contributed by atoms with van der Waals surface area (Å²) >= 11 is 0. The molecule has 0 aliphatic rings. The first-order valence-electron chi connectivity index (χ1n) is 8.95. The summed E-state index contributed by atoms with van der Waals surface area (Å²) in [6.45, 7) is 0. The number of hydrogen-bond donors (Lipinski definition) is 3. The standard InChI is InChI=1S/C21H14N4O6/c26-20(13-1-3-14(4-2-13)21(27)28)22-15-7-5-12(6-8-15)19-23-17-10-9-16(25(30)31)11-18(17)24(19)29/h1-11,29H,(H,22,26)(H,27,28). The predicted octanol–water partition coefficient (Wildman–Crippen LogP) is 3.80. The predicted molar refractivity (Wildman–Crippen MR) is 110 cm³/mol. The number of imidazole rings is 1. The number of carboxylic acids is 1. The molecule has 0 saturated heterocycles. The first kappa shape index (κ1) is 19.6. The van der Waals surface area contributed by atoms with E-state index < -0.39 is 16.8 Å². The minimum Gasteiger partial charge on any atom is -0.478 e. The van der Waals surface area contributed by atoms with E-state index in [0.717, 1.165) is 4.73 Å². The normalized spacial score (nSPS) is 10.7. The Balaban J connectivity index is 1.55. The van der Waals surface area contributed by atoms with E-state index in [1.807, 2.05) is 0 Å². The van der Waals surface area contributed by atoms with E-state index in [-0.39, 0.29) is 22.6 Å². The molecule has 10 nitrogen and oxygen atoms in total. The second-order valence-corrected chi connectivity index (χ2v) is 6.59. The van der Waals surface area contributed by atoms with Gasteiger partial charge in [0.2, 0.25) is 0 Å². The van der Waals surface area contributed by atoms with Crippen LogP contribution >= 0.6 is 0 Å². The van der Waals surface area contributed by atoms with Crippen molar-refractivity contribution in [1.82, 2.24) is 9.71 Å². The molecule has 3 N–H and O–H groups in total. The number of carbonyl (C=O) groups excluding carboxylic acids is 1. The summed E-state index contributed by atoms with van der Waals surface area (Å²) in [5.74, 6) is -1.30. The van der Waals surface area contributed by atoms with Gasteiger partial charge in [-0.3, -0.25) is 14.9 Å². The van der Waals surface area contributed by atoms with Crippen molar-refractivity contribution in [3.63, 3.8) is 0 Å². The van der Waals surface area contributed by atoms with Crippen LogP contribution < -0.4 is 5.32 Å². The van der Waals surface area contributed by atoms with Crippen LogP contribution in [0.2, 0.25) is 0 Å². The SMILES string of the molecule is O=C(O)c1ccc(C(=O)Nc2ccc(-c3nc4ccc([N+](=O)[O-])cc4n3O)cc2)cc1. The number of non-ortho nitro benzene ring substituents is 1. The van der Waals surface area contributed by atoms with Crippen LogP contribution in [0.25, 0.3) is 22.4 Å². The number of nitrogens with zero attached hydrogens (tertiary/aromatic N) is 3. The van der Waals surface area contributed by atoms with Crippen LogP contribution in [-0.2, 0) is 0 Å². The van der Waals surface area contributed by atoms with E-state index in [0.29, 0.717) is 22.3 Å². The maximum Gasteiger partial charge on any atom is 0.335 e. The van der Waals surface area contributed by atoms with Gasteiger partial charge in [0.1, 0.15) is 5.52 Å². The third-order valence-electron chi connectivity index (χ3n) is 4.62. The van der Waals surface area contributed by atoms with Crippen LogP contribution in [-0.4, -0.2) is 36.8 Å². The molecule has 0 bridgehead atoms. The highest BCUT2D eigenvalue weighted by Crippen LogP contribution is 2.27. The minimum atomic E-state index is -1.08. The van der Waals surface area contributed by atoms with Crippen molar-refractivity contribution in [2.24, 2.45) is 0 Å². The van der Waals surface area contributed by atoms with Crippen molar-refractivity contribution < 1.29 is 24.8 Å². The number of benzene rings is 3. The molecule has 1 amide bonds. The monoisotopic (exact) mass is 418 g/mol. The molecule has 0 aliphatic heterocycles. The molecule has 10 heteroatoms. The lowest BCUT2D eigenvalue weighted by atomic mass is 10.1. The Morgan fingerprint density at radius 2 is 1.61 bits per heavy atom. The summed E-state index contributed by atoms with van der Waals surface area (Å²) in [5, 5.41) is 32.9. The first-order chi connectivity index (χ1) is 14.8. The number of nitro benzene ring substituents is 1. The number of nitro groups is 1. The highest BCUT2D eigenvalue weighted by Gasteiger charge is 2.16. The number of hydrogen-bond acceptors (Lipinski definition) is 6. The van der Waals surface area contributed by atoms with Gasteiger partial charge in [0.05, 0.1) is 16.0 Å². The van der Waals surface area contributed by atoms with Crippen LogP contribution in [0.15, 0.2) is 66.7 Å². The van der Waals surface area contributed by atoms with Gasteiger partial charge in [-0.2, -0.15) is 4.73 Å². The molecule has 0 spiro atoms. The van der Waals surface area contributed by atoms with Crippen LogP contribution in [0.4, 0.5) is 11.4 Å². The summed E-state index contributed by atoms with van der Waals surface area (Å²) in [6.07, 6.45) is 0. The third kappa shape index (κ3) is 3.77. The van der Waals surface area contributed by atoms with Crippen molar-refractivity contribution in [2.75, 3.05) is 5.32 Å². The van der Waals surface area contributed by atoms with Crippen molar-refractivity contribution in [3.8, 4) is 11.4 Å². The van der Waals surface area contributed by atoms with Gasteiger partial charge in [-0.25, -0.2) is 9.78 Å². The maximum absolute atomic E-state index is 12.3. The van der Waals surface area contributed by atoms with Crippen molar-refractivity contribution in [1.29, 1.82) is 0 Å². The average Bonchev–Trinajstić information content (AvgIpc) is 3.10. The molecule has 0 atom stereocenters. The lowest BCUT2D eigenvalue weighted by Crippen LogP contribution is -2.12. The first-order valence-corrected chi connectivity index (χ1v) is 8.95. The van der Waals surface area contributed by atoms with Crippen molar-refractivity contribution in [2.45, 2.75) is 0 Å². The van der Waals surface area contributed by atoms with Gasteiger partial charge in [0.25, 0.3) is 11.6 Å². The van der Waals surface area contributed by atoms with E-state index in [9.17, 15) is 24.9 Å². The summed E-state index contributed by atoms with van der Waals surface area (Å²) < 4.78 is 0.778. The minimum absolute atomic E-state index is 0.0816. The zero-order valence-corrected chi connectivity index (χ0v) is 15.7. The molecule has 0 unspecified atom stereocenters. The van der Waals surface area contributed by atoms with Crippen LogP contribution in [0.3, 0.4) is 0 Å². The number of carboxylic acid groups (broad SMARTS) is 1. The molecular formula is C21H14N4O6. The number of carbonyl (C=O) groups is 2. The summed E-state index contributed by atoms with van der Waals surface area (Å²) in [6, 6.07) is 16.0. The highest BCUT2D eigenvalue weighted by atomic mass is 16.6. The molecule has 0 saturated carbocycles.